The van der Waals surface area contributed by atoms with Crippen molar-refractivity contribution in [2.45, 2.75) is 145 Å². The lowest BCUT2D eigenvalue weighted by Gasteiger charge is -2.32. The summed E-state index contributed by atoms with van der Waals surface area (Å²) in [4.78, 5) is 107. The molecule has 0 bridgehead atoms. The third kappa shape index (κ3) is 14.5. The van der Waals surface area contributed by atoms with Crippen molar-refractivity contribution in [3.8, 4) is 22.9 Å². The molecule has 20 nitrogen and oxygen atoms in total. The van der Waals surface area contributed by atoms with E-state index in [1.807, 2.05) is 119 Å². The summed E-state index contributed by atoms with van der Waals surface area (Å²) < 4.78 is 13.5. The van der Waals surface area contributed by atoms with Crippen molar-refractivity contribution < 1.29 is 38.3 Å². The number of imide groups is 2. The summed E-state index contributed by atoms with van der Waals surface area (Å²) in [5, 5.41) is 6.42. The van der Waals surface area contributed by atoms with Gasteiger partial charge in [0.2, 0.25) is 0 Å². The van der Waals surface area contributed by atoms with Gasteiger partial charge >= 0.3 is 17.5 Å². The molecule has 6 aromatic heterocycles. The van der Waals surface area contributed by atoms with Crippen molar-refractivity contribution >= 4 is 124 Å². The second kappa shape index (κ2) is 27.7. The largest absolute Gasteiger partial charge is 0.444 e. The topological polar surface area (TPSA) is 210 Å². The molecule has 0 unspecified atom stereocenters. The summed E-state index contributed by atoms with van der Waals surface area (Å²) >= 11 is 5.24. The molecule has 2 aromatic carbocycles. The molecule has 6 aliphatic heterocycles. The highest BCUT2D eigenvalue weighted by Crippen LogP contribution is 2.41. The summed E-state index contributed by atoms with van der Waals surface area (Å²) in [5.41, 5.74) is 16.8. The van der Waals surface area contributed by atoms with Crippen LogP contribution in [0.25, 0.3) is 55.4 Å². The van der Waals surface area contributed by atoms with Gasteiger partial charge in [-0.15, -0.1) is 11.1 Å². The molecule has 8 aromatic rings. The van der Waals surface area contributed by atoms with Gasteiger partial charge in [-0.1, -0.05) is 78.1 Å². The molecule has 2 N–H and O–H groups in total. The van der Waals surface area contributed by atoms with Crippen LogP contribution in [0.5, 0.6) is 0 Å². The molecule has 0 radical (unpaired) electrons. The molecule has 96 heavy (non-hydrogen) atoms. The Hall–Kier alpha value is -9.49. The highest BCUT2D eigenvalue weighted by Gasteiger charge is 2.39. The van der Waals surface area contributed by atoms with Gasteiger partial charge in [-0.05, 0) is 131 Å². The van der Waals surface area contributed by atoms with E-state index in [1.165, 1.54) is 12.8 Å². The average Bonchev–Trinajstić information content (AvgIpc) is 1.58. The minimum Gasteiger partial charge on any atom is -0.444 e. The molecule has 0 saturated carbocycles. The van der Waals surface area contributed by atoms with Gasteiger partial charge < -0.3 is 33.5 Å². The van der Waals surface area contributed by atoms with Crippen molar-refractivity contribution in [3.63, 3.8) is 0 Å². The maximum absolute atomic E-state index is 13.6. The van der Waals surface area contributed by atoms with Crippen molar-refractivity contribution in [2.24, 2.45) is 0 Å². The summed E-state index contributed by atoms with van der Waals surface area (Å²) in [6.45, 7) is 24.9. The van der Waals surface area contributed by atoms with E-state index >= 15 is 0 Å². The number of rotatable bonds is 4. The number of aromatic nitrogens is 6. The number of carbonyl (C=O) groups is 7. The fraction of sp³-hybridized carbons (Fsp3) is 0.384. The van der Waals surface area contributed by atoms with Crippen LogP contribution in [-0.4, -0.2) is 150 Å². The zero-order valence-electron chi connectivity index (χ0n) is 54.7. The number of carbonyl (C=O) groups excluding carboxylic acids is 7. The molecule has 2 fully saturated rings. The van der Waals surface area contributed by atoms with Gasteiger partial charge in [0.15, 0.2) is 0 Å². The number of pyridine rings is 2. The Balaban J connectivity index is 0.000000181. The number of imidazole rings is 2. The molecule has 14 rings (SSSR count). The summed E-state index contributed by atoms with van der Waals surface area (Å²) in [6.07, 6.45) is 17.2. The fourth-order valence-electron chi connectivity index (χ4n) is 12.9. The van der Waals surface area contributed by atoms with E-state index < -0.39 is 45.4 Å². The van der Waals surface area contributed by atoms with Gasteiger partial charge in [0.1, 0.15) is 33.0 Å². The zero-order chi connectivity index (χ0) is 66.5. The maximum Gasteiger partial charge on any atom is 0.410 e. The van der Waals surface area contributed by atoms with Gasteiger partial charge in [-0.2, -0.15) is 0 Å². The summed E-state index contributed by atoms with van der Waals surface area (Å²) in [5.74, 6) is 4.99. The van der Waals surface area contributed by atoms with Crippen molar-refractivity contribution in [3.05, 3.63) is 143 Å². The SMILES string of the molecule is C.C.CC(C)(C)OC(=O)N1CCn2cc(C3=C(c4cnc5ccccn45)C(=O)NC3=O)c3cc(C#C[Si](C)(C)C)cc(c32)C1.C[Si](C)(C)C#Cc1cc2c3c(c1)c(C1=C(c4cnc5ccccn45)C(=O)NC1=O)cn3CCN(C(=O)N1CCCCC1)C2.O=C(Cl)N1CCCCC1. The highest BCUT2D eigenvalue weighted by atomic mass is 35.5. The Morgan fingerprint density at radius 3 is 1.36 bits per heavy atom. The molecule has 12 heterocycles. The maximum atomic E-state index is 13.6. The second-order valence-corrected chi connectivity index (χ2v) is 37.5. The van der Waals surface area contributed by atoms with Crippen LogP contribution in [0.15, 0.2) is 97.8 Å². The minimum atomic E-state index is -1.70. The molecular weight excluding hydrogens is 1260 g/mol. The first-order valence-corrected chi connectivity index (χ1v) is 39.5. The molecule has 500 valence electrons. The quantitative estimate of drug-likeness (QED) is 0.0560. The lowest BCUT2D eigenvalue weighted by atomic mass is 9.96. The fourth-order valence-corrected chi connectivity index (χ4v) is 14.1. The number of piperidine rings is 2. The first kappa shape index (κ1) is 69.3. The smallest absolute Gasteiger partial charge is 0.410 e. The van der Waals surface area contributed by atoms with Crippen LogP contribution in [0, 0.1) is 22.9 Å². The summed E-state index contributed by atoms with van der Waals surface area (Å²) in [6, 6.07) is 19.4. The monoisotopic (exact) mass is 1350 g/mol. The number of amides is 8. The van der Waals surface area contributed by atoms with Crippen LogP contribution in [0.3, 0.4) is 0 Å². The molecule has 0 aliphatic carbocycles. The molecule has 23 heteroatoms. The normalized spacial score (nSPS) is 16.5. The highest BCUT2D eigenvalue weighted by molar-refractivity contribution is 6.84. The third-order valence-corrected chi connectivity index (χ3v) is 19.1. The van der Waals surface area contributed by atoms with E-state index in [0.29, 0.717) is 89.8 Å². The van der Waals surface area contributed by atoms with Crippen molar-refractivity contribution in [1.29, 1.82) is 0 Å². The lowest BCUT2D eigenvalue weighted by molar-refractivity contribution is -0.124. The Morgan fingerprint density at radius 2 is 0.948 bits per heavy atom. The number of urea groups is 1. The Labute approximate surface area is 567 Å². The van der Waals surface area contributed by atoms with Crippen molar-refractivity contribution in [1.82, 2.24) is 58.1 Å². The number of halogens is 1. The predicted molar refractivity (Wildman–Crippen MR) is 383 cm³/mol. The van der Waals surface area contributed by atoms with Crippen LogP contribution in [0.4, 0.5) is 14.4 Å². The minimum absolute atomic E-state index is 0. The van der Waals surface area contributed by atoms with Crippen LogP contribution in [0.1, 0.15) is 119 Å². The van der Waals surface area contributed by atoms with E-state index in [0.717, 1.165) is 95.9 Å². The van der Waals surface area contributed by atoms with E-state index in [-0.39, 0.29) is 37.9 Å². The van der Waals surface area contributed by atoms with Crippen molar-refractivity contribution in [2.75, 3.05) is 39.3 Å². The molecule has 0 atom stereocenters. The van der Waals surface area contributed by atoms with Gasteiger partial charge in [0.05, 0.1) is 63.7 Å². The van der Waals surface area contributed by atoms with E-state index in [4.69, 9.17) is 16.3 Å². The third-order valence-electron chi connectivity index (χ3n) is 17.1. The first-order chi connectivity index (χ1) is 44.8. The van der Waals surface area contributed by atoms with Gasteiger partial charge in [-0.3, -0.25) is 43.4 Å². The number of likely N-dealkylation sites (tertiary alicyclic amines) is 2. The number of hydrogen-bond acceptors (Lipinski definition) is 10. The Morgan fingerprint density at radius 1 is 0.531 bits per heavy atom. The first-order valence-electron chi connectivity index (χ1n) is 32.2. The Bertz CT molecular complexity index is 4670. The molecule has 2 saturated heterocycles. The second-order valence-electron chi connectivity index (χ2n) is 27.7. The van der Waals surface area contributed by atoms with Gasteiger partial charge in [0, 0.05) is 117 Å². The molecule has 8 amide bonds. The number of ether oxygens (including phenoxy) is 1. The van der Waals surface area contributed by atoms with Gasteiger partial charge in [-0.25, -0.2) is 19.6 Å². The number of nitrogens with zero attached hydrogens (tertiary/aromatic N) is 10. The van der Waals surface area contributed by atoms with Gasteiger partial charge in [0.25, 0.3) is 23.6 Å². The number of nitrogens with one attached hydrogen (secondary N) is 2. The van der Waals surface area contributed by atoms with Crippen LogP contribution in [0.2, 0.25) is 39.3 Å². The zero-order valence-corrected chi connectivity index (χ0v) is 57.4. The lowest BCUT2D eigenvalue weighted by Crippen LogP contribution is -2.45. The van der Waals surface area contributed by atoms with E-state index in [2.05, 4.69) is 98.0 Å². The average molecular weight is 1350 g/mol. The molecule has 0 spiro atoms. The number of fused-ring (bicyclic) bond motifs is 2. The van der Waals surface area contributed by atoms with Crippen LogP contribution >= 0.6 is 11.6 Å². The number of hydrogen-bond donors (Lipinski definition) is 2. The molecular formula is C73H85ClN12O8Si2. The predicted octanol–water partition coefficient (Wildman–Crippen LogP) is 12.4. The molecule has 6 aliphatic rings. The van der Waals surface area contributed by atoms with E-state index in [9.17, 15) is 33.6 Å². The van der Waals surface area contributed by atoms with E-state index in [1.54, 1.807) is 22.2 Å². The summed E-state index contributed by atoms with van der Waals surface area (Å²) in [7, 11) is -3.37. The Kier molecular flexibility index (Phi) is 20.0. The number of benzene rings is 2. The van der Waals surface area contributed by atoms with Crippen LogP contribution in [-0.2, 0) is 50.1 Å². The van der Waals surface area contributed by atoms with Crippen LogP contribution < -0.4 is 10.6 Å². The standard InChI is InChI=1S/C33H34N6O3Si.C32H33N5O4Si.C6H10ClNO.2CH4/c1-43(2,3)16-10-22-17-23-20-38(33(42)36-11-6-4-7-12-36)15-14-37-21-25(24(18-22)30(23)37)28-29(32(41)35-31(28)40)26-19-34-27-9-5-8-13-39(26)27;1-32(2,3)41-31(40)36-13-12-35-19-23(22-16-20(10-14-42(4,5)6)15-21(18-36)28(22)35)26-27(30(39)34-29(26)38)24-17-33-25-9-7-8-11-37(24)25;7-6(9)8-4-2-1-3-5-8;;/h5,8-9,13,17-19,21H,4,6-7,11-12,14-15,20H2,1-3H3,(H,35,40,41);7-9,11,15-17,19H,12-13,18H2,1-6H3,(H,34,38,39);1-5H2;2*1H4.